The van der Waals surface area contributed by atoms with Crippen LogP contribution in [0.15, 0.2) is 48.5 Å². The highest BCUT2D eigenvalue weighted by Crippen LogP contribution is 2.11. The van der Waals surface area contributed by atoms with Gasteiger partial charge in [0.1, 0.15) is 0 Å². The maximum atomic E-state index is 12.1. The molecule has 0 bridgehead atoms. The summed E-state index contributed by atoms with van der Waals surface area (Å²) in [4.78, 5) is 44.1. The molecule has 0 aliphatic heterocycles. The van der Waals surface area contributed by atoms with Crippen LogP contribution in [0.3, 0.4) is 0 Å². The van der Waals surface area contributed by atoms with Crippen LogP contribution in [0, 0.1) is 13.8 Å². The summed E-state index contributed by atoms with van der Waals surface area (Å²) in [6.07, 6.45) is -0.0754. The second-order valence-electron chi connectivity index (χ2n) is 6.50. The third-order valence-electron chi connectivity index (χ3n) is 3.82. The van der Waals surface area contributed by atoms with Crippen LogP contribution in [-0.2, 0) is 24.3 Å². The van der Waals surface area contributed by atoms with Gasteiger partial charge in [0.15, 0.2) is 0 Å². The van der Waals surface area contributed by atoms with Gasteiger partial charge in [0, 0.05) is 13.0 Å². The lowest BCUT2D eigenvalue weighted by molar-refractivity contribution is -0.422. The van der Waals surface area contributed by atoms with Crippen molar-refractivity contribution in [2.24, 2.45) is 0 Å². The zero-order chi connectivity index (χ0) is 21.1. The van der Waals surface area contributed by atoms with E-state index < -0.39 is 18.2 Å². The zero-order valence-corrected chi connectivity index (χ0v) is 16.9. The molecule has 0 fully saturated rings. The Hall–Kier alpha value is -2.74. The van der Waals surface area contributed by atoms with Crippen LogP contribution in [0.2, 0.25) is 0 Å². The fraction of sp³-hybridized carbons (Fsp3) is 0.364. The van der Waals surface area contributed by atoms with E-state index in [-0.39, 0.29) is 13.0 Å². The van der Waals surface area contributed by atoms with E-state index >= 15 is 0 Å². The lowest BCUT2D eigenvalue weighted by Crippen LogP contribution is -2.24. The number of benzene rings is 2. The summed E-state index contributed by atoms with van der Waals surface area (Å²) in [6, 6.07) is 13.8. The third-order valence-corrected chi connectivity index (χ3v) is 3.82. The number of aryl methyl sites for hydroxylation is 2. The Labute approximate surface area is 170 Å². The van der Waals surface area contributed by atoms with Crippen LogP contribution in [0.4, 0.5) is 0 Å². The van der Waals surface area contributed by atoms with Gasteiger partial charge in [0.2, 0.25) is 6.29 Å². The molecule has 0 atom stereocenters. The van der Waals surface area contributed by atoms with E-state index in [2.05, 4.69) is 0 Å². The lowest BCUT2D eigenvalue weighted by Gasteiger charge is -2.15. The van der Waals surface area contributed by atoms with Crippen molar-refractivity contribution in [3.8, 4) is 0 Å². The molecule has 0 N–H and O–H groups in total. The normalized spacial score (nSPS) is 10.8. The Balaban J connectivity index is 1.91. The quantitative estimate of drug-likeness (QED) is 0.240. The Morgan fingerprint density at radius 2 is 1.34 bits per heavy atom. The van der Waals surface area contributed by atoms with Crippen molar-refractivity contribution in [1.29, 1.82) is 0 Å². The van der Waals surface area contributed by atoms with Gasteiger partial charge in [0.25, 0.3) is 0 Å². The molecule has 0 aliphatic rings. The van der Waals surface area contributed by atoms with E-state index in [4.69, 9.17) is 24.3 Å². The number of hydrogen-bond acceptors (Lipinski definition) is 7. The van der Waals surface area contributed by atoms with Gasteiger partial charge in [-0.3, -0.25) is 9.78 Å². The molecule has 2 rings (SSSR count). The highest BCUT2D eigenvalue weighted by molar-refractivity contribution is 5.89. The van der Waals surface area contributed by atoms with Gasteiger partial charge in [-0.1, -0.05) is 42.3 Å². The van der Waals surface area contributed by atoms with Gasteiger partial charge in [-0.05, 0) is 44.5 Å². The molecule has 0 spiro atoms. The Bertz CT molecular complexity index is 742. The first-order valence-corrected chi connectivity index (χ1v) is 9.46. The van der Waals surface area contributed by atoms with Crippen LogP contribution in [0.25, 0.3) is 0 Å². The van der Waals surface area contributed by atoms with Gasteiger partial charge in [-0.25, -0.2) is 9.59 Å². The van der Waals surface area contributed by atoms with Crippen molar-refractivity contribution in [3.63, 3.8) is 0 Å². The Kier molecular flexibility index (Phi) is 9.30. The van der Waals surface area contributed by atoms with Gasteiger partial charge in [-0.2, -0.15) is 0 Å². The monoisotopic (exact) mass is 402 g/mol. The molecule has 0 saturated heterocycles. The maximum Gasteiger partial charge on any atom is 0.373 e. The van der Waals surface area contributed by atoms with Gasteiger partial charge in [0.05, 0.1) is 17.7 Å². The molecular weight excluding hydrogens is 376 g/mol. The first-order valence-electron chi connectivity index (χ1n) is 9.46. The van der Waals surface area contributed by atoms with Crippen molar-refractivity contribution in [2.75, 3.05) is 13.2 Å². The van der Waals surface area contributed by atoms with E-state index in [9.17, 15) is 9.59 Å². The summed E-state index contributed by atoms with van der Waals surface area (Å²) in [5.41, 5.74) is 2.49. The highest BCUT2D eigenvalue weighted by Gasteiger charge is 2.20. The van der Waals surface area contributed by atoms with Crippen LogP contribution in [0.5, 0.6) is 0 Å². The molecule has 156 valence electrons. The predicted molar refractivity (Wildman–Crippen MR) is 105 cm³/mol. The Morgan fingerprint density at radius 1 is 0.828 bits per heavy atom. The second kappa shape index (κ2) is 12.0. The number of carbonyl (C=O) groups excluding carboxylic acids is 2. The number of rotatable bonds is 11. The highest BCUT2D eigenvalue weighted by atomic mass is 17.3. The van der Waals surface area contributed by atoms with Crippen molar-refractivity contribution >= 4 is 11.9 Å². The average Bonchev–Trinajstić information content (AvgIpc) is 2.72. The lowest BCUT2D eigenvalue weighted by atomic mass is 10.1. The molecule has 2 aromatic rings. The summed E-state index contributed by atoms with van der Waals surface area (Å²) in [7, 11) is 0. The van der Waals surface area contributed by atoms with Crippen LogP contribution < -0.4 is 0 Å². The predicted octanol–water partition coefficient (Wildman–Crippen LogP) is 4.32. The van der Waals surface area contributed by atoms with Gasteiger partial charge in [-0.15, -0.1) is 9.78 Å². The minimum absolute atomic E-state index is 0.197. The summed E-state index contributed by atoms with van der Waals surface area (Å²) in [6.45, 7) is 6.55. The summed E-state index contributed by atoms with van der Waals surface area (Å²) >= 11 is 0. The van der Waals surface area contributed by atoms with Crippen molar-refractivity contribution in [1.82, 2.24) is 0 Å². The molecule has 0 aromatic heterocycles. The minimum atomic E-state index is -1.13. The third kappa shape index (κ3) is 8.03. The molecule has 0 heterocycles. The molecule has 29 heavy (non-hydrogen) atoms. The fourth-order valence-electron chi connectivity index (χ4n) is 2.37. The van der Waals surface area contributed by atoms with E-state index in [0.717, 1.165) is 17.5 Å². The van der Waals surface area contributed by atoms with Crippen molar-refractivity contribution < 1.29 is 33.9 Å². The van der Waals surface area contributed by atoms with Gasteiger partial charge < -0.3 is 4.74 Å². The van der Waals surface area contributed by atoms with E-state index in [1.807, 2.05) is 32.9 Å². The summed E-state index contributed by atoms with van der Waals surface area (Å²) in [5.74, 6) is -1.36. The van der Waals surface area contributed by atoms with E-state index in [1.54, 1.807) is 36.4 Å². The van der Waals surface area contributed by atoms with E-state index in [0.29, 0.717) is 17.7 Å². The molecule has 0 aliphatic carbocycles. The smallest absolute Gasteiger partial charge is 0.373 e. The molecular formula is C22H26O7. The standard InChI is InChI=1S/C22H26O7/c1-4-12-25-13-11-20(26-28-21(23)18-9-5-7-16(2)14-18)27-29-22(24)19-10-6-8-17(3)15-19/h5-10,14-15,20H,4,11-13H2,1-3H3. The number of carbonyl (C=O) groups is 2. The van der Waals surface area contributed by atoms with Crippen molar-refractivity contribution in [2.45, 2.75) is 39.9 Å². The van der Waals surface area contributed by atoms with E-state index in [1.165, 1.54) is 0 Å². The molecule has 0 saturated carbocycles. The molecule has 2 aromatic carbocycles. The summed E-state index contributed by atoms with van der Waals surface area (Å²) < 4.78 is 5.39. The first kappa shape index (κ1) is 22.5. The SMILES string of the molecule is CCCOCCC(OOC(=O)c1cccc(C)c1)OOC(=O)c1cccc(C)c1. The average molecular weight is 402 g/mol. The fourth-order valence-corrected chi connectivity index (χ4v) is 2.37. The number of hydrogen-bond donors (Lipinski definition) is 0. The number of ether oxygens (including phenoxy) is 1. The zero-order valence-electron chi connectivity index (χ0n) is 16.9. The molecule has 7 heteroatoms. The molecule has 7 nitrogen and oxygen atoms in total. The summed E-state index contributed by atoms with van der Waals surface area (Å²) in [5, 5.41) is 0. The Morgan fingerprint density at radius 3 is 1.79 bits per heavy atom. The largest absolute Gasteiger partial charge is 0.381 e. The first-order chi connectivity index (χ1) is 14.0. The van der Waals surface area contributed by atoms with Crippen LogP contribution in [-0.4, -0.2) is 31.4 Å². The topological polar surface area (TPSA) is 80.3 Å². The van der Waals surface area contributed by atoms with Crippen LogP contribution >= 0.6 is 0 Å². The molecule has 0 amide bonds. The van der Waals surface area contributed by atoms with Crippen LogP contribution in [0.1, 0.15) is 51.6 Å². The molecule has 0 radical (unpaired) electrons. The van der Waals surface area contributed by atoms with Crippen molar-refractivity contribution in [3.05, 3.63) is 70.8 Å². The second-order valence-corrected chi connectivity index (χ2v) is 6.50. The maximum absolute atomic E-state index is 12.1. The molecule has 0 unspecified atom stereocenters. The van der Waals surface area contributed by atoms with Gasteiger partial charge >= 0.3 is 11.9 Å². The minimum Gasteiger partial charge on any atom is -0.381 e.